The van der Waals surface area contributed by atoms with Gasteiger partial charge in [0, 0.05) is 19.0 Å². The summed E-state index contributed by atoms with van der Waals surface area (Å²) in [7, 11) is 4.74. The number of aryl methyl sites for hydroxylation is 1. The fourth-order valence-corrected chi connectivity index (χ4v) is 2.62. The molecule has 6 heteroatoms. The van der Waals surface area contributed by atoms with Gasteiger partial charge in [0.25, 0.3) is 0 Å². The maximum absolute atomic E-state index is 12.0. The molecule has 122 valence electrons. The Hall–Kier alpha value is -1.95. The number of carbonyl (C=O) groups excluding carboxylic acids is 1. The molecule has 0 aliphatic carbocycles. The first-order valence-corrected chi connectivity index (χ1v) is 7.47. The lowest BCUT2D eigenvalue weighted by Crippen LogP contribution is -2.36. The Labute approximate surface area is 131 Å². The molecule has 0 spiro atoms. The van der Waals surface area contributed by atoms with Crippen molar-refractivity contribution in [1.29, 1.82) is 0 Å². The number of amides is 1. The second-order valence-electron chi connectivity index (χ2n) is 5.29. The van der Waals surface area contributed by atoms with E-state index in [1.54, 1.807) is 21.3 Å². The van der Waals surface area contributed by atoms with Gasteiger partial charge in [0.1, 0.15) is 0 Å². The highest BCUT2D eigenvalue weighted by atomic mass is 16.5. The molecule has 1 aromatic rings. The molecule has 1 amide bonds. The average molecular weight is 308 g/mol. The number of carbonyl (C=O) groups is 1. The molecule has 1 unspecified atom stereocenters. The Bertz CT molecular complexity index is 488. The van der Waals surface area contributed by atoms with Crippen molar-refractivity contribution in [2.75, 3.05) is 34.4 Å². The predicted molar refractivity (Wildman–Crippen MR) is 83.8 cm³/mol. The largest absolute Gasteiger partial charge is 0.493 e. The molecule has 0 saturated carbocycles. The molecule has 6 nitrogen and oxygen atoms in total. The van der Waals surface area contributed by atoms with Crippen LogP contribution in [0, 0.1) is 0 Å². The highest BCUT2D eigenvalue weighted by Crippen LogP contribution is 2.38. The van der Waals surface area contributed by atoms with Crippen molar-refractivity contribution in [3.05, 3.63) is 17.7 Å². The molecule has 2 rings (SSSR count). The van der Waals surface area contributed by atoms with Gasteiger partial charge in [-0.1, -0.05) is 0 Å². The van der Waals surface area contributed by atoms with Crippen LogP contribution in [0.15, 0.2) is 12.1 Å². The standard InChI is InChI=1S/C16H24N2O4/c1-20-13-8-11(9-14(21-2)16(13)22-3)4-5-15(19)18-12-6-7-17-10-12/h8-9,12,17H,4-7,10H2,1-3H3,(H,18,19). The van der Waals surface area contributed by atoms with Gasteiger partial charge in [0.15, 0.2) is 11.5 Å². The molecule has 1 heterocycles. The summed E-state index contributed by atoms with van der Waals surface area (Å²) in [5, 5.41) is 6.27. The quantitative estimate of drug-likeness (QED) is 0.790. The maximum Gasteiger partial charge on any atom is 0.220 e. The van der Waals surface area contributed by atoms with E-state index >= 15 is 0 Å². The van der Waals surface area contributed by atoms with Crippen LogP contribution in [0.25, 0.3) is 0 Å². The lowest BCUT2D eigenvalue weighted by atomic mass is 10.1. The minimum absolute atomic E-state index is 0.0717. The molecule has 1 aromatic carbocycles. The highest BCUT2D eigenvalue weighted by Gasteiger charge is 2.17. The van der Waals surface area contributed by atoms with Crippen LogP contribution < -0.4 is 24.8 Å². The third-order valence-electron chi connectivity index (χ3n) is 3.79. The van der Waals surface area contributed by atoms with Crippen molar-refractivity contribution in [3.8, 4) is 17.2 Å². The Balaban J connectivity index is 1.98. The molecule has 0 aromatic heterocycles. The molecular formula is C16H24N2O4. The van der Waals surface area contributed by atoms with Gasteiger partial charge < -0.3 is 24.8 Å². The average Bonchev–Trinajstić information content (AvgIpc) is 3.04. The normalized spacial score (nSPS) is 17.1. The molecule has 1 atom stereocenters. The smallest absolute Gasteiger partial charge is 0.220 e. The molecule has 1 aliphatic heterocycles. The molecule has 1 fully saturated rings. The summed E-state index contributed by atoms with van der Waals surface area (Å²) in [6.07, 6.45) is 2.06. The predicted octanol–water partition coefficient (Wildman–Crippen LogP) is 1.12. The van der Waals surface area contributed by atoms with Gasteiger partial charge in [0.05, 0.1) is 21.3 Å². The van der Waals surface area contributed by atoms with Crippen LogP contribution in [0.3, 0.4) is 0 Å². The second-order valence-corrected chi connectivity index (χ2v) is 5.29. The van der Waals surface area contributed by atoms with Crippen molar-refractivity contribution in [2.24, 2.45) is 0 Å². The van der Waals surface area contributed by atoms with E-state index in [0.717, 1.165) is 25.1 Å². The summed E-state index contributed by atoms with van der Waals surface area (Å²) < 4.78 is 15.9. The van der Waals surface area contributed by atoms with Gasteiger partial charge in [-0.2, -0.15) is 0 Å². The highest BCUT2D eigenvalue weighted by molar-refractivity contribution is 5.76. The van der Waals surface area contributed by atoms with Crippen LogP contribution in [-0.4, -0.2) is 46.4 Å². The zero-order valence-electron chi connectivity index (χ0n) is 13.4. The number of benzene rings is 1. The van der Waals surface area contributed by atoms with E-state index in [2.05, 4.69) is 10.6 Å². The molecule has 1 aliphatic rings. The second kappa shape index (κ2) is 7.89. The van der Waals surface area contributed by atoms with E-state index < -0.39 is 0 Å². The van der Waals surface area contributed by atoms with Crippen molar-refractivity contribution >= 4 is 5.91 Å². The summed E-state index contributed by atoms with van der Waals surface area (Å²) in [6.45, 7) is 1.83. The fourth-order valence-electron chi connectivity index (χ4n) is 2.62. The monoisotopic (exact) mass is 308 g/mol. The van der Waals surface area contributed by atoms with E-state index in [0.29, 0.717) is 30.1 Å². The SMILES string of the molecule is COc1cc(CCC(=O)NC2CCNC2)cc(OC)c1OC. The lowest BCUT2D eigenvalue weighted by Gasteiger charge is -2.14. The molecule has 22 heavy (non-hydrogen) atoms. The molecule has 1 saturated heterocycles. The summed E-state index contributed by atoms with van der Waals surface area (Å²) >= 11 is 0. The summed E-state index contributed by atoms with van der Waals surface area (Å²) in [6, 6.07) is 4.02. The van der Waals surface area contributed by atoms with Crippen LogP contribution in [0.4, 0.5) is 0 Å². The van der Waals surface area contributed by atoms with Gasteiger partial charge in [-0.25, -0.2) is 0 Å². The van der Waals surface area contributed by atoms with E-state index in [9.17, 15) is 4.79 Å². The maximum atomic E-state index is 12.0. The molecule has 0 radical (unpaired) electrons. The minimum Gasteiger partial charge on any atom is -0.493 e. The number of hydrogen-bond donors (Lipinski definition) is 2. The molecular weight excluding hydrogens is 284 g/mol. The first-order chi connectivity index (χ1) is 10.7. The van der Waals surface area contributed by atoms with Crippen LogP contribution in [-0.2, 0) is 11.2 Å². The van der Waals surface area contributed by atoms with E-state index in [-0.39, 0.29) is 11.9 Å². The minimum atomic E-state index is 0.0717. The van der Waals surface area contributed by atoms with E-state index in [4.69, 9.17) is 14.2 Å². The van der Waals surface area contributed by atoms with Gasteiger partial charge >= 0.3 is 0 Å². The van der Waals surface area contributed by atoms with E-state index in [1.165, 1.54) is 0 Å². The Morgan fingerprint density at radius 1 is 1.23 bits per heavy atom. The van der Waals surface area contributed by atoms with Gasteiger partial charge in [-0.15, -0.1) is 0 Å². The van der Waals surface area contributed by atoms with Crippen LogP contribution in [0.1, 0.15) is 18.4 Å². The number of nitrogens with one attached hydrogen (secondary N) is 2. The topological polar surface area (TPSA) is 68.8 Å². The van der Waals surface area contributed by atoms with Crippen molar-refractivity contribution in [3.63, 3.8) is 0 Å². The van der Waals surface area contributed by atoms with Gasteiger partial charge in [0.2, 0.25) is 11.7 Å². The number of methoxy groups -OCH3 is 3. The van der Waals surface area contributed by atoms with Gasteiger partial charge in [-0.05, 0) is 37.1 Å². The fraction of sp³-hybridized carbons (Fsp3) is 0.562. The number of hydrogen-bond acceptors (Lipinski definition) is 5. The van der Waals surface area contributed by atoms with Crippen LogP contribution in [0.2, 0.25) is 0 Å². The first kappa shape index (κ1) is 16.4. The van der Waals surface area contributed by atoms with Crippen LogP contribution >= 0.6 is 0 Å². The Kier molecular flexibility index (Phi) is 5.89. The number of ether oxygens (including phenoxy) is 3. The summed E-state index contributed by atoms with van der Waals surface area (Å²) in [4.78, 5) is 12.0. The van der Waals surface area contributed by atoms with Crippen molar-refractivity contribution in [1.82, 2.24) is 10.6 Å². The zero-order chi connectivity index (χ0) is 15.9. The summed E-state index contributed by atoms with van der Waals surface area (Å²) in [5.41, 5.74) is 0.981. The summed E-state index contributed by atoms with van der Waals surface area (Å²) in [5.74, 6) is 1.85. The third kappa shape index (κ3) is 4.04. The Morgan fingerprint density at radius 2 is 1.91 bits per heavy atom. The number of rotatable bonds is 7. The van der Waals surface area contributed by atoms with E-state index in [1.807, 2.05) is 12.1 Å². The first-order valence-electron chi connectivity index (χ1n) is 7.47. The van der Waals surface area contributed by atoms with Crippen molar-refractivity contribution in [2.45, 2.75) is 25.3 Å². The van der Waals surface area contributed by atoms with Crippen molar-refractivity contribution < 1.29 is 19.0 Å². The lowest BCUT2D eigenvalue weighted by molar-refractivity contribution is -0.121. The molecule has 2 N–H and O–H groups in total. The zero-order valence-corrected chi connectivity index (χ0v) is 13.4. The van der Waals surface area contributed by atoms with Crippen LogP contribution in [0.5, 0.6) is 17.2 Å². The Morgan fingerprint density at radius 3 is 2.41 bits per heavy atom. The third-order valence-corrected chi connectivity index (χ3v) is 3.79. The van der Waals surface area contributed by atoms with Gasteiger partial charge in [-0.3, -0.25) is 4.79 Å². The molecule has 0 bridgehead atoms.